The molecule has 1 saturated carbocycles. The summed E-state index contributed by atoms with van der Waals surface area (Å²) in [7, 11) is 3.25. The minimum absolute atomic E-state index is 0.511. The maximum absolute atomic E-state index is 5.35. The molecule has 0 unspecified atom stereocenters. The molecule has 2 aromatic rings. The molecule has 3 rings (SSSR count). The van der Waals surface area contributed by atoms with E-state index in [-0.39, 0.29) is 0 Å². The second-order valence-electron chi connectivity index (χ2n) is 6.36. The van der Waals surface area contributed by atoms with Crippen LogP contribution < -0.4 is 20.1 Å². The van der Waals surface area contributed by atoms with Crippen molar-refractivity contribution in [2.45, 2.75) is 45.1 Å². The van der Waals surface area contributed by atoms with Crippen LogP contribution in [0.3, 0.4) is 0 Å². The van der Waals surface area contributed by atoms with Crippen LogP contribution in [-0.2, 0) is 0 Å². The number of ether oxygens (including phenoxy) is 2. The average Bonchev–Trinajstić information content (AvgIpc) is 2.62. The lowest BCUT2D eigenvalue weighted by Crippen LogP contribution is -2.23. The molecule has 6 nitrogen and oxygen atoms in total. The van der Waals surface area contributed by atoms with Gasteiger partial charge in [0.25, 0.3) is 0 Å². The molecule has 0 amide bonds. The summed E-state index contributed by atoms with van der Waals surface area (Å²) >= 11 is 0. The molecule has 1 aliphatic rings. The van der Waals surface area contributed by atoms with E-state index in [1.165, 1.54) is 32.1 Å². The summed E-state index contributed by atoms with van der Waals surface area (Å²) in [5.74, 6) is 3.76. The van der Waals surface area contributed by atoms with Gasteiger partial charge in [-0.25, -0.2) is 9.97 Å². The number of nitrogens with one attached hydrogen (secondary N) is 2. The quantitative estimate of drug-likeness (QED) is 0.816. The van der Waals surface area contributed by atoms with E-state index >= 15 is 0 Å². The van der Waals surface area contributed by atoms with Crippen molar-refractivity contribution in [1.82, 2.24) is 9.97 Å². The Hall–Kier alpha value is -2.50. The van der Waals surface area contributed by atoms with Gasteiger partial charge in [-0.3, -0.25) is 0 Å². The summed E-state index contributed by atoms with van der Waals surface area (Å²) in [6.45, 7) is 1.91. The van der Waals surface area contributed by atoms with Crippen LogP contribution in [0.25, 0.3) is 0 Å². The van der Waals surface area contributed by atoms with Crippen LogP contribution >= 0.6 is 0 Å². The smallest absolute Gasteiger partial charge is 0.162 e. The third-order valence-corrected chi connectivity index (χ3v) is 4.45. The van der Waals surface area contributed by atoms with Gasteiger partial charge in [-0.15, -0.1) is 0 Å². The van der Waals surface area contributed by atoms with Gasteiger partial charge < -0.3 is 20.1 Å². The molecule has 0 bridgehead atoms. The van der Waals surface area contributed by atoms with Crippen LogP contribution in [-0.4, -0.2) is 30.2 Å². The van der Waals surface area contributed by atoms with E-state index in [1.807, 2.05) is 31.2 Å². The highest BCUT2D eigenvalue weighted by atomic mass is 16.5. The van der Waals surface area contributed by atoms with E-state index in [0.717, 1.165) is 23.1 Å². The van der Waals surface area contributed by atoms with Crippen LogP contribution in [0, 0.1) is 6.92 Å². The number of nitrogens with zero attached hydrogens (tertiary/aromatic N) is 2. The Morgan fingerprint density at radius 3 is 2.36 bits per heavy atom. The number of hydrogen-bond donors (Lipinski definition) is 2. The van der Waals surface area contributed by atoms with Gasteiger partial charge in [0.15, 0.2) is 11.5 Å². The van der Waals surface area contributed by atoms with Crippen molar-refractivity contribution in [3.8, 4) is 11.5 Å². The fourth-order valence-corrected chi connectivity index (χ4v) is 3.22. The first-order chi connectivity index (χ1) is 12.2. The molecule has 1 aromatic carbocycles. The van der Waals surface area contributed by atoms with E-state index in [2.05, 4.69) is 20.6 Å². The summed E-state index contributed by atoms with van der Waals surface area (Å²) in [6.07, 6.45) is 6.34. The number of methoxy groups -OCH3 is 2. The highest BCUT2D eigenvalue weighted by Gasteiger charge is 2.14. The second-order valence-corrected chi connectivity index (χ2v) is 6.36. The molecule has 0 aliphatic heterocycles. The third kappa shape index (κ3) is 4.53. The Bertz CT molecular complexity index is 715. The summed E-state index contributed by atoms with van der Waals surface area (Å²) in [4.78, 5) is 9.01. The van der Waals surface area contributed by atoms with Crippen molar-refractivity contribution in [3.05, 3.63) is 30.1 Å². The molecule has 0 saturated heterocycles. The summed E-state index contributed by atoms with van der Waals surface area (Å²) in [5, 5.41) is 6.87. The second kappa shape index (κ2) is 8.05. The normalized spacial score (nSPS) is 14.8. The van der Waals surface area contributed by atoms with E-state index < -0.39 is 0 Å². The first-order valence-corrected chi connectivity index (χ1v) is 8.79. The molecular formula is C19H26N4O2. The summed E-state index contributed by atoms with van der Waals surface area (Å²) in [6, 6.07) is 8.17. The Morgan fingerprint density at radius 1 is 0.920 bits per heavy atom. The molecule has 0 atom stereocenters. The predicted molar refractivity (Wildman–Crippen MR) is 100 cm³/mol. The van der Waals surface area contributed by atoms with E-state index in [4.69, 9.17) is 9.47 Å². The molecule has 1 fully saturated rings. The molecule has 1 aromatic heterocycles. The van der Waals surface area contributed by atoms with Crippen molar-refractivity contribution >= 4 is 17.3 Å². The monoisotopic (exact) mass is 342 g/mol. The maximum Gasteiger partial charge on any atom is 0.162 e. The number of aryl methyl sites for hydroxylation is 1. The summed E-state index contributed by atoms with van der Waals surface area (Å²) in [5.41, 5.74) is 0.888. The van der Waals surface area contributed by atoms with Crippen molar-refractivity contribution in [2.24, 2.45) is 0 Å². The fourth-order valence-electron chi connectivity index (χ4n) is 3.22. The fraction of sp³-hybridized carbons (Fsp3) is 0.474. The van der Waals surface area contributed by atoms with Crippen molar-refractivity contribution in [1.29, 1.82) is 0 Å². The number of hydrogen-bond acceptors (Lipinski definition) is 6. The van der Waals surface area contributed by atoms with Gasteiger partial charge in [0.1, 0.15) is 17.5 Å². The average molecular weight is 342 g/mol. The number of anilines is 3. The lowest BCUT2D eigenvalue weighted by molar-refractivity contribution is 0.355. The molecule has 2 N–H and O–H groups in total. The van der Waals surface area contributed by atoms with Gasteiger partial charge in [-0.1, -0.05) is 19.3 Å². The van der Waals surface area contributed by atoms with Gasteiger partial charge in [0.05, 0.1) is 14.2 Å². The Kier molecular flexibility index (Phi) is 5.58. The van der Waals surface area contributed by atoms with Crippen molar-refractivity contribution in [3.63, 3.8) is 0 Å². The Balaban J connectivity index is 1.75. The minimum atomic E-state index is 0.511. The zero-order valence-corrected chi connectivity index (χ0v) is 15.1. The Labute approximate surface area is 149 Å². The zero-order chi connectivity index (χ0) is 17.6. The lowest BCUT2D eigenvalue weighted by Gasteiger charge is -2.23. The maximum atomic E-state index is 5.35. The largest absolute Gasteiger partial charge is 0.493 e. The highest BCUT2D eigenvalue weighted by molar-refractivity contribution is 5.63. The van der Waals surface area contributed by atoms with Gasteiger partial charge in [0.2, 0.25) is 0 Å². The molecule has 1 heterocycles. The topological polar surface area (TPSA) is 68.3 Å². The lowest BCUT2D eigenvalue weighted by atomic mass is 9.95. The molecule has 6 heteroatoms. The van der Waals surface area contributed by atoms with Crippen LogP contribution in [0.5, 0.6) is 11.5 Å². The molecule has 25 heavy (non-hydrogen) atoms. The van der Waals surface area contributed by atoms with Gasteiger partial charge in [0, 0.05) is 23.9 Å². The number of rotatable bonds is 6. The standard InChI is InChI=1S/C19H26N4O2/c1-13-20-18(22-14-7-5-4-6-8-14)12-19(21-13)23-15-9-10-16(24-2)17(11-15)25-3/h9-12,14H,4-8H2,1-3H3,(H2,20,21,22,23). The minimum Gasteiger partial charge on any atom is -0.493 e. The number of benzene rings is 1. The molecular weight excluding hydrogens is 316 g/mol. The van der Waals surface area contributed by atoms with Gasteiger partial charge in [-0.2, -0.15) is 0 Å². The third-order valence-electron chi connectivity index (χ3n) is 4.45. The van der Waals surface area contributed by atoms with E-state index in [9.17, 15) is 0 Å². The molecule has 1 aliphatic carbocycles. The van der Waals surface area contributed by atoms with Crippen LogP contribution in [0.4, 0.5) is 17.3 Å². The molecule has 0 radical (unpaired) electrons. The zero-order valence-electron chi connectivity index (χ0n) is 15.1. The van der Waals surface area contributed by atoms with E-state index in [0.29, 0.717) is 17.5 Å². The first kappa shape index (κ1) is 17.3. The molecule has 0 spiro atoms. The van der Waals surface area contributed by atoms with Crippen molar-refractivity contribution < 1.29 is 9.47 Å². The van der Waals surface area contributed by atoms with Gasteiger partial charge in [-0.05, 0) is 31.9 Å². The predicted octanol–water partition coefficient (Wildman–Crippen LogP) is 4.29. The highest BCUT2D eigenvalue weighted by Crippen LogP contribution is 2.31. The van der Waals surface area contributed by atoms with E-state index in [1.54, 1.807) is 14.2 Å². The first-order valence-electron chi connectivity index (χ1n) is 8.79. The number of aromatic nitrogens is 2. The SMILES string of the molecule is COc1ccc(Nc2cc(NC3CCCCC3)nc(C)n2)cc1OC. The summed E-state index contributed by atoms with van der Waals surface area (Å²) < 4.78 is 10.6. The molecule has 134 valence electrons. The van der Waals surface area contributed by atoms with Crippen molar-refractivity contribution in [2.75, 3.05) is 24.9 Å². The van der Waals surface area contributed by atoms with Crippen LogP contribution in [0.2, 0.25) is 0 Å². The van der Waals surface area contributed by atoms with Crippen LogP contribution in [0.15, 0.2) is 24.3 Å². The van der Waals surface area contributed by atoms with Crippen LogP contribution in [0.1, 0.15) is 37.9 Å². The van der Waals surface area contributed by atoms with Gasteiger partial charge >= 0.3 is 0 Å². The Morgan fingerprint density at radius 2 is 1.64 bits per heavy atom.